The van der Waals surface area contributed by atoms with E-state index in [9.17, 15) is 4.79 Å². The number of thiazole rings is 1. The molecule has 6 heteroatoms. The molecule has 2 aliphatic heterocycles. The monoisotopic (exact) mass is 362 g/mol. The van der Waals surface area contributed by atoms with Gasteiger partial charge in [0.1, 0.15) is 0 Å². The maximum absolute atomic E-state index is 12.2. The van der Waals surface area contributed by atoms with Crippen molar-refractivity contribution in [2.24, 2.45) is 0 Å². The molecule has 5 nitrogen and oxygen atoms in total. The van der Waals surface area contributed by atoms with E-state index >= 15 is 0 Å². The van der Waals surface area contributed by atoms with E-state index in [0.717, 1.165) is 52.7 Å². The first-order valence-corrected chi connectivity index (χ1v) is 9.65. The van der Waals surface area contributed by atoms with Crippen LogP contribution in [0.5, 0.6) is 0 Å². The molecule has 0 atom stereocenters. The Hall–Kier alpha value is -2.86. The number of carbonyl (C=O) groups is 1. The second-order valence-corrected chi connectivity index (χ2v) is 7.48. The van der Waals surface area contributed by atoms with Gasteiger partial charge in [-0.2, -0.15) is 0 Å². The standard InChI is InChI=1S/C20H18N4OS/c25-18-11-15-10-14(9-13-5-4-8-24(18)19(13)15)17-12-26-20(21-17)23-22-16-6-2-1-3-7-16/h1-3,6-7,9-10,12,22H,4-5,8,11H2,(H,21,23). The molecule has 2 N–H and O–H groups in total. The van der Waals surface area contributed by atoms with Crippen LogP contribution in [0.1, 0.15) is 17.5 Å². The summed E-state index contributed by atoms with van der Waals surface area (Å²) in [5.41, 5.74) is 12.9. The Labute approximate surface area is 155 Å². The van der Waals surface area contributed by atoms with Crippen LogP contribution in [0.15, 0.2) is 47.8 Å². The van der Waals surface area contributed by atoms with Gasteiger partial charge in [0.15, 0.2) is 0 Å². The van der Waals surface area contributed by atoms with Crippen molar-refractivity contribution < 1.29 is 4.79 Å². The molecular formula is C20H18N4OS. The average Bonchev–Trinajstić information content (AvgIpc) is 3.27. The molecule has 2 aromatic carbocycles. The van der Waals surface area contributed by atoms with Crippen LogP contribution < -0.4 is 15.8 Å². The number of rotatable bonds is 4. The summed E-state index contributed by atoms with van der Waals surface area (Å²) in [7, 11) is 0. The second kappa shape index (κ2) is 6.14. The Bertz CT molecular complexity index is 983. The highest BCUT2D eigenvalue weighted by Gasteiger charge is 2.32. The van der Waals surface area contributed by atoms with Crippen molar-refractivity contribution >= 4 is 33.8 Å². The summed E-state index contributed by atoms with van der Waals surface area (Å²) in [5, 5.41) is 2.87. The number of aromatic nitrogens is 1. The number of carbonyl (C=O) groups excluding carboxylic acids is 1. The highest BCUT2D eigenvalue weighted by molar-refractivity contribution is 7.14. The molecule has 0 bridgehead atoms. The number of hydrogen-bond acceptors (Lipinski definition) is 5. The Morgan fingerprint density at radius 2 is 1.92 bits per heavy atom. The summed E-state index contributed by atoms with van der Waals surface area (Å²) in [6, 6.07) is 14.3. The quantitative estimate of drug-likeness (QED) is 0.687. The topological polar surface area (TPSA) is 57.3 Å². The SMILES string of the molecule is O=C1Cc2cc(-c3csc(NNc4ccccc4)n3)cc3c2N1CCC3. The predicted octanol–water partition coefficient (Wildman–Crippen LogP) is 4.08. The van der Waals surface area contributed by atoms with Crippen LogP contribution in [0.4, 0.5) is 16.5 Å². The first-order valence-electron chi connectivity index (χ1n) is 8.77. The van der Waals surface area contributed by atoms with Gasteiger partial charge >= 0.3 is 0 Å². The van der Waals surface area contributed by atoms with Gasteiger partial charge in [-0.15, -0.1) is 11.3 Å². The highest BCUT2D eigenvalue weighted by atomic mass is 32.1. The van der Waals surface area contributed by atoms with Crippen LogP contribution in [-0.4, -0.2) is 17.4 Å². The number of anilines is 3. The van der Waals surface area contributed by atoms with E-state index in [1.807, 2.05) is 35.2 Å². The fourth-order valence-corrected chi connectivity index (χ4v) is 4.41. The molecule has 0 spiro atoms. The van der Waals surface area contributed by atoms with Gasteiger partial charge in [-0.05, 0) is 48.2 Å². The number of hydrazine groups is 1. The molecule has 1 amide bonds. The van der Waals surface area contributed by atoms with Gasteiger partial charge in [0.2, 0.25) is 11.0 Å². The Morgan fingerprint density at radius 3 is 2.81 bits per heavy atom. The molecule has 130 valence electrons. The molecule has 3 aromatic rings. The molecule has 26 heavy (non-hydrogen) atoms. The summed E-state index contributed by atoms with van der Waals surface area (Å²) >= 11 is 1.56. The summed E-state index contributed by atoms with van der Waals surface area (Å²) in [6.07, 6.45) is 2.58. The van der Waals surface area contributed by atoms with E-state index in [1.165, 1.54) is 5.56 Å². The number of amides is 1. The lowest BCUT2D eigenvalue weighted by Crippen LogP contribution is -2.31. The zero-order valence-corrected chi connectivity index (χ0v) is 15.0. The van der Waals surface area contributed by atoms with E-state index < -0.39 is 0 Å². The minimum Gasteiger partial charge on any atom is -0.312 e. The van der Waals surface area contributed by atoms with Crippen molar-refractivity contribution in [3.63, 3.8) is 0 Å². The Morgan fingerprint density at radius 1 is 1.08 bits per heavy atom. The van der Waals surface area contributed by atoms with Crippen LogP contribution in [-0.2, 0) is 17.6 Å². The van der Waals surface area contributed by atoms with E-state index in [2.05, 4.69) is 28.4 Å². The third-order valence-electron chi connectivity index (χ3n) is 4.90. The molecule has 0 saturated heterocycles. The van der Waals surface area contributed by atoms with Crippen LogP contribution in [0, 0.1) is 0 Å². The third kappa shape index (κ3) is 2.63. The summed E-state index contributed by atoms with van der Waals surface area (Å²) < 4.78 is 0. The fraction of sp³-hybridized carbons (Fsp3) is 0.200. The van der Waals surface area contributed by atoms with Gasteiger partial charge in [-0.1, -0.05) is 18.2 Å². The molecule has 5 rings (SSSR count). The zero-order chi connectivity index (χ0) is 17.5. The number of para-hydroxylation sites is 1. The van der Waals surface area contributed by atoms with E-state index in [-0.39, 0.29) is 5.91 Å². The molecule has 1 aromatic heterocycles. The van der Waals surface area contributed by atoms with Crippen molar-refractivity contribution in [2.45, 2.75) is 19.3 Å². The zero-order valence-electron chi connectivity index (χ0n) is 14.2. The first-order chi connectivity index (χ1) is 12.8. The smallest absolute Gasteiger partial charge is 0.231 e. The molecular weight excluding hydrogens is 344 g/mol. The Kier molecular flexibility index (Phi) is 3.64. The van der Waals surface area contributed by atoms with Crippen molar-refractivity contribution in [1.29, 1.82) is 0 Å². The lowest BCUT2D eigenvalue weighted by molar-refractivity contribution is -0.117. The second-order valence-electron chi connectivity index (χ2n) is 6.62. The largest absolute Gasteiger partial charge is 0.312 e. The molecule has 2 aliphatic rings. The minimum atomic E-state index is 0.228. The molecule has 0 unspecified atom stereocenters. The normalized spacial score (nSPS) is 15.1. The van der Waals surface area contributed by atoms with Crippen molar-refractivity contribution in [2.75, 3.05) is 22.3 Å². The van der Waals surface area contributed by atoms with Gasteiger partial charge in [-0.3, -0.25) is 15.6 Å². The van der Waals surface area contributed by atoms with E-state index in [1.54, 1.807) is 11.3 Å². The number of hydrogen-bond donors (Lipinski definition) is 2. The molecule has 0 radical (unpaired) electrons. The average molecular weight is 362 g/mol. The Balaban J connectivity index is 1.41. The summed E-state index contributed by atoms with van der Waals surface area (Å²) in [6.45, 7) is 0.855. The lowest BCUT2D eigenvalue weighted by Gasteiger charge is -2.25. The maximum Gasteiger partial charge on any atom is 0.231 e. The van der Waals surface area contributed by atoms with Crippen LogP contribution in [0.3, 0.4) is 0 Å². The van der Waals surface area contributed by atoms with Crippen LogP contribution in [0.25, 0.3) is 11.3 Å². The van der Waals surface area contributed by atoms with E-state index in [0.29, 0.717) is 6.42 Å². The number of nitrogens with one attached hydrogen (secondary N) is 2. The minimum absolute atomic E-state index is 0.228. The summed E-state index contributed by atoms with van der Waals surface area (Å²) in [4.78, 5) is 18.9. The summed E-state index contributed by atoms with van der Waals surface area (Å²) in [5.74, 6) is 0.228. The molecule has 3 heterocycles. The van der Waals surface area contributed by atoms with Crippen molar-refractivity contribution in [3.8, 4) is 11.3 Å². The van der Waals surface area contributed by atoms with Gasteiger partial charge in [-0.25, -0.2) is 4.98 Å². The van der Waals surface area contributed by atoms with Crippen LogP contribution in [0.2, 0.25) is 0 Å². The lowest BCUT2D eigenvalue weighted by atomic mass is 9.96. The van der Waals surface area contributed by atoms with Crippen LogP contribution >= 0.6 is 11.3 Å². The highest BCUT2D eigenvalue weighted by Crippen LogP contribution is 2.40. The molecule has 0 fully saturated rings. The molecule has 0 aliphatic carbocycles. The van der Waals surface area contributed by atoms with Gasteiger partial charge in [0, 0.05) is 17.5 Å². The fourth-order valence-electron chi connectivity index (χ4n) is 3.74. The van der Waals surface area contributed by atoms with Gasteiger partial charge in [0.25, 0.3) is 0 Å². The van der Waals surface area contributed by atoms with Crippen molar-refractivity contribution in [1.82, 2.24) is 4.98 Å². The van der Waals surface area contributed by atoms with E-state index in [4.69, 9.17) is 4.98 Å². The molecule has 0 saturated carbocycles. The predicted molar refractivity (Wildman–Crippen MR) is 106 cm³/mol. The van der Waals surface area contributed by atoms with Gasteiger partial charge in [0.05, 0.1) is 23.5 Å². The first kappa shape index (κ1) is 15.4. The maximum atomic E-state index is 12.2. The number of benzene rings is 2. The van der Waals surface area contributed by atoms with Crippen molar-refractivity contribution in [3.05, 3.63) is 59.0 Å². The number of aryl methyl sites for hydroxylation is 1. The van der Waals surface area contributed by atoms with Gasteiger partial charge < -0.3 is 4.90 Å². The number of nitrogens with zero attached hydrogens (tertiary/aromatic N) is 2. The third-order valence-corrected chi connectivity index (χ3v) is 5.65.